The van der Waals surface area contributed by atoms with Crippen LogP contribution in [-0.4, -0.2) is 6.61 Å². The molecule has 4 rings (SSSR count). The molecule has 39 heavy (non-hydrogen) atoms. The molecule has 2 nitrogen and oxygen atoms in total. The van der Waals surface area contributed by atoms with Crippen LogP contribution in [0.15, 0.2) is 54.6 Å². The summed E-state index contributed by atoms with van der Waals surface area (Å²) in [5, 5.41) is 0. The second-order valence-electron chi connectivity index (χ2n) is 11.0. The van der Waals surface area contributed by atoms with E-state index in [1.165, 1.54) is 31.7 Å². The molecule has 0 spiro atoms. The van der Waals surface area contributed by atoms with Gasteiger partial charge < -0.3 is 9.47 Å². The van der Waals surface area contributed by atoms with Crippen LogP contribution >= 0.6 is 0 Å². The molecule has 210 valence electrons. The summed E-state index contributed by atoms with van der Waals surface area (Å²) in [4.78, 5) is 0. The molecule has 1 fully saturated rings. The van der Waals surface area contributed by atoms with Crippen molar-refractivity contribution in [3.8, 4) is 22.6 Å². The Morgan fingerprint density at radius 3 is 2.13 bits per heavy atom. The standard InChI is InChI=1S/C34H41F3O2/c1-3-4-5-6-7-8-21-38-32-20-16-27(22-31(32)35)25-13-17-29(18-14-25)39-23-28-15-19-30(34(37)33(28)36)26-11-9-24(2)10-12-26/h13-20,22,24,26H,3-12,21,23H2,1-2H3. The first kappa shape index (κ1) is 29.0. The topological polar surface area (TPSA) is 18.5 Å². The Labute approximate surface area is 231 Å². The minimum atomic E-state index is -0.822. The van der Waals surface area contributed by atoms with E-state index in [4.69, 9.17) is 9.47 Å². The van der Waals surface area contributed by atoms with Crippen molar-refractivity contribution < 1.29 is 22.6 Å². The van der Waals surface area contributed by atoms with Crippen LogP contribution in [0.1, 0.15) is 95.1 Å². The lowest BCUT2D eigenvalue weighted by Crippen LogP contribution is -2.13. The first-order chi connectivity index (χ1) is 19.0. The van der Waals surface area contributed by atoms with Gasteiger partial charge in [0, 0.05) is 5.56 Å². The molecule has 0 atom stereocenters. The molecular formula is C34H41F3O2. The van der Waals surface area contributed by atoms with E-state index in [2.05, 4.69) is 13.8 Å². The fourth-order valence-electron chi connectivity index (χ4n) is 5.37. The van der Waals surface area contributed by atoms with Gasteiger partial charge in [0.05, 0.1) is 6.61 Å². The van der Waals surface area contributed by atoms with Gasteiger partial charge >= 0.3 is 0 Å². The number of halogens is 3. The van der Waals surface area contributed by atoms with Gasteiger partial charge in [-0.05, 0) is 72.1 Å². The second-order valence-corrected chi connectivity index (χ2v) is 11.0. The number of rotatable bonds is 13. The molecule has 0 amide bonds. The SMILES string of the molecule is CCCCCCCCOc1ccc(-c2ccc(OCc3ccc(C4CCC(C)CC4)c(F)c3F)cc2)cc1F. The molecule has 0 bridgehead atoms. The first-order valence-electron chi connectivity index (χ1n) is 14.6. The minimum absolute atomic E-state index is 0.0661. The zero-order chi connectivity index (χ0) is 27.6. The molecule has 0 heterocycles. The smallest absolute Gasteiger partial charge is 0.165 e. The van der Waals surface area contributed by atoms with Crippen molar-refractivity contribution in [1.82, 2.24) is 0 Å². The van der Waals surface area contributed by atoms with E-state index < -0.39 is 11.6 Å². The van der Waals surface area contributed by atoms with Crippen molar-refractivity contribution >= 4 is 0 Å². The molecule has 0 aliphatic heterocycles. The molecule has 0 unspecified atom stereocenters. The predicted octanol–water partition coefficient (Wildman–Crippen LogP) is 10.4. The zero-order valence-corrected chi connectivity index (χ0v) is 23.3. The van der Waals surface area contributed by atoms with E-state index in [0.29, 0.717) is 23.8 Å². The van der Waals surface area contributed by atoms with Gasteiger partial charge in [-0.2, -0.15) is 0 Å². The number of benzene rings is 3. The van der Waals surface area contributed by atoms with Crippen LogP contribution < -0.4 is 9.47 Å². The third-order valence-corrected chi connectivity index (χ3v) is 7.92. The Balaban J connectivity index is 1.29. The number of unbranched alkanes of at least 4 members (excludes halogenated alkanes) is 5. The normalized spacial score (nSPS) is 17.3. The molecule has 5 heteroatoms. The summed E-state index contributed by atoms with van der Waals surface area (Å²) in [6, 6.07) is 15.5. The molecule has 0 N–H and O–H groups in total. The lowest BCUT2D eigenvalue weighted by atomic mass is 9.79. The van der Waals surface area contributed by atoms with Crippen LogP contribution in [-0.2, 0) is 6.61 Å². The number of hydrogen-bond acceptors (Lipinski definition) is 2. The fourth-order valence-corrected chi connectivity index (χ4v) is 5.37. The summed E-state index contributed by atoms with van der Waals surface area (Å²) >= 11 is 0. The van der Waals surface area contributed by atoms with Crippen LogP contribution in [0.2, 0.25) is 0 Å². The van der Waals surface area contributed by atoms with Crippen LogP contribution in [0.3, 0.4) is 0 Å². The van der Waals surface area contributed by atoms with Crippen molar-refractivity contribution in [2.45, 2.75) is 90.6 Å². The third kappa shape index (κ3) is 8.03. The average molecular weight is 539 g/mol. The summed E-state index contributed by atoms with van der Waals surface area (Å²) in [5.41, 5.74) is 2.24. The van der Waals surface area contributed by atoms with Gasteiger partial charge in [-0.3, -0.25) is 0 Å². The molecule has 1 aliphatic rings. The summed E-state index contributed by atoms with van der Waals surface area (Å²) < 4.78 is 55.7. The fraction of sp³-hybridized carbons (Fsp3) is 0.471. The predicted molar refractivity (Wildman–Crippen MR) is 152 cm³/mol. The summed E-state index contributed by atoms with van der Waals surface area (Å²) in [7, 11) is 0. The minimum Gasteiger partial charge on any atom is -0.491 e. The van der Waals surface area contributed by atoms with E-state index in [9.17, 15) is 13.2 Å². The molecule has 0 aromatic heterocycles. The summed E-state index contributed by atoms with van der Waals surface area (Å²) in [6.07, 6.45) is 10.8. The van der Waals surface area contributed by atoms with Crippen molar-refractivity contribution in [2.75, 3.05) is 6.61 Å². The quantitative estimate of drug-likeness (QED) is 0.202. The van der Waals surface area contributed by atoms with Gasteiger partial charge in [0.2, 0.25) is 0 Å². The highest BCUT2D eigenvalue weighted by molar-refractivity contribution is 5.65. The van der Waals surface area contributed by atoms with Gasteiger partial charge in [-0.25, -0.2) is 13.2 Å². The van der Waals surface area contributed by atoms with E-state index >= 15 is 0 Å². The van der Waals surface area contributed by atoms with Crippen molar-refractivity contribution in [2.24, 2.45) is 5.92 Å². The lowest BCUT2D eigenvalue weighted by Gasteiger charge is -2.27. The maximum absolute atomic E-state index is 14.8. The Morgan fingerprint density at radius 2 is 1.41 bits per heavy atom. The highest BCUT2D eigenvalue weighted by atomic mass is 19.2. The highest BCUT2D eigenvalue weighted by Crippen LogP contribution is 2.37. The van der Waals surface area contributed by atoms with Gasteiger partial charge in [-0.15, -0.1) is 0 Å². The van der Waals surface area contributed by atoms with Gasteiger partial charge in [0.15, 0.2) is 23.2 Å². The number of hydrogen-bond donors (Lipinski definition) is 0. The van der Waals surface area contributed by atoms with Crippen LogP contribution in [0.25, 0.3) is 11.1 Å². The maximum atomic E-state index is 14.8. The van der Waals surface area contributed by atoms with E-state index in [0.717, 1.165) is 49.7 Å². The maximum Gasteiger partial charge on any atom is 0.165 e. The highest BCUT2D eigenvalue weighted by Gasteiger charge is 2.24. The summed E-state index contributed by atoms with van der Waals surface area (Å²) in [5.74, 6) is -0.412. The third-order valence-electron chi connectivity index (χ3n) is 7.92. The van der Waals surface area contributed by atoms with Crippen molar-refractivity contribution in [3.05, 3.63) is 83.2 Å². The molecule has 1 aliphatic carbocycles. The Kier molecular flexibility index (Phi) is 10.8. The molecule has 0 radical (unpaired) electrons. The van der Waals surface area contributed by atoms with Crippen molar-refractivity contribution in [1.29, 1.82) is 0 Å². The molecule has 1 saturated carbocycles. The molecule has 3 aromatic rings. The second kappa shape index (κ2) is 14.4. The molecule has 3 aromatic carbocycles. The van der Waals surface area contributed by atoms with E-state index in [1.54, 1.807) is 30.3 Å². The number of ether oxygens (including phenoxy) is 2. The lowest BCUT2D eigenvalue weighted by molar-refractivity contribution is 0.290. The van der Waals surface area contributed by atoms with Crippen LogP contribution in [0.5, 0.6) is 11.5 Å². The molecular weight excluding hydrogens is 497 g/mol. The molecule has 0 saturated heterocycles. The van der Waals surface area contributed by atoms with Gasteiger partial charge in [0.25, 0.3) is 0 Å². The van der Waals surface area contributed by atoms with Crippen LogP contribution in [0, 0.1) is 23.4 Å². The monoisotopic (exact) mass is 538 g/mol. The summed E-state index contributed by atoms with van der Waals surface area (Å²) in [6.45, 7) is 4.85. The largest absolute Gasteiger partial charge is 0.491 e. The zero-order valence-electron chi connectivity index (χ0n) is 23.3. The Morgan fingerprint density at radius 1 is 0.718 bits per heavy atom. The van der Waals surface area contributed by atoms with Gasteiger partial charge in [-0.1, -0.05) is 89.1 Å². The Hall–Kier alpha value is -2.95. The van der Waals surface area contributed by atoms with Crippen molar-refractivity contribution in [3.63, 3.8) is 0 Å². The Bertz CT molecular complexity index is 1180. The van der Waals surface area contributed by atoms with E-state index in [1.807, 2.05) is 18.2 Å². The van der Waals surface area contributed by atoms with E-state index in [-0.39, 0.29) is 29.7 Å². The average Bonchev–Trinajstić information content (AvgIpc) is 2.95. The first-order valence-corrected chi connectivity index (χ1v) is 14.6. The van der Waals surface area contributed by atoms with Gasteiger partial charge in [0.1, 0.15) is 12.4 Å². The van der Waals surface area contributed by atoms with Crippen LogP contribution in [0.4, 0.5) is 13.2 Å².